The maximum atomic E-state index is 9.49. The Hall–Kier alpha value is 0.0264. The number of hydrogen-bond donors (Lipinski definition) is 0. The van der Waals surface area contributed by atoms with Gasteiger partial charge in [-0.3, -0.25) is 0 Å². The molecule has 52 valence electrons. The Bertz CT molecular complexity index is 56.5. The summed E-state index contributed by atoms with van der Waals surface area (Å²) in [6, 6.07) is 0. The molecule has 5 heteroatoms. The van der Waals surface area contributed by atoms with Crippen LogP contribution in [-0.2, 0) is 4.79 Å². The van der Waals surface area contributed by atoms with Crippen molar-refractivity contribution in [1.82, 2.24) is 0 Å². The molecule has 0 bridgehead atoms. The van der Waals surface area contributed by atoms with Crippen molar-refractivity contribution in [1.29, 1.82) is 0 Å². The number of aliphatic carboxylic acids is 1. The van der Waals surface area contributed by atoms with E-state index in [1.54, 1.807) is 6.92 Å². The first-order valence-electron chi connectivity index (χ1n) is 1.97. The average molecular weight is 191 g/mol. The molecule has 0 heterocycles. The maximum absolute atomic E-state index is 9.49. The monoisotopic (exact) mass is 190 g/mol. The van der Waals surface area contributed by atoms with Crippen LogP contribution in [0, 0.1) is 0 Å². The van der Waals surface area contributed by atoms with Gasteiger partial charge in [0.25, 0.3) is 0 Å². The van der Waals surface area contributed by atoms with E-state index in [-0.39, 0.29) is 37.2 Å². The summed E-state index contributed by atoms with van der Waals surface area (Å²) in [4.78, 5) is 9.49. The summed E-state index contributed by atoms with van der Waals surface area (Å²) in [7, 11) is 0. The number of carboxylic acid groups (broad SMARTS) is 1. The van der Waals surface area contributed by atoms with Crippen molar-refractivity contribution in [3.63, 3.8) is 0 Å². The SMILES string of the molecule is CCCC(=O)[O-].[Ga+3].[OH-].[OH-]. The van der Waals surface area contributed by atoms with E-state index in [4.69, 9.17) is 0 Å². The molecule has 9 heavy (non-hydrogen) atoms. The zero-order valence-electron chi connectivity index (χ0n) is 5.20. The summed E-state index contributed by atoms with van der Waals surface area (Å²) < 4.78 is 0. The van der Waals surface area contributed by atoms with Crippen molar-refractivity contribution < 1.29 is 20.9 Å². The predicted octanol–water partition coefficient (Wildman–Crippen LogP) is -1.20. The second-order valence-corrected chi connectivity index (χ2v) is 1.12. The van der Waals surface area contributed by atoms with Gasteiger partial charge in [-0.2, -0.15) is 0 Å². The first kappa shape index (κ1) is 23.0. The van der Waals surface area contributed by atoms with Crippen molar-refractivity contribution in [3.8, 4) is 0 Å². The van der Waals surface area contributed by atoms with Crippen molar-refractivity contribution in [2.75, 3.05) is 0 Å². The molecular weight excluding hydrogens is 182 g/mol. The predicted molar refractivity (Wildman–Crippen MR) is 29.5 cm³/mol. The third kappa shape index (κ3) is 31.8. The molecule has 0 aliphatic rings. The van der Waals surface area contributed by atoms with Gasteiger partial charge in [-0.25, -0.2) is 0 Å². The van der Waals surface area contributed by atoms with Crippen LogP contribution in [-0.4, -0.2) is 36.7 Å². The number of carboxylic acids is 1. The molecule has 0 spiro atoms. The van der Waals surface area contributed by atoms with Gasteiger partial charge in [0.1, 0.15) is 0 Å². The van der Waals surface area contributed by atoms with E-state index in [1.165, 1.54) is 0 Å². The van der Waals surface area contributed by atoms with Gasteiger partial charge in [0, 0.05) is 5.97 Å². The first-order chi connectivity index (χ1) is 2.77. The fourth-order valence-electron chi connectivity index (χ4n) is 0.204. The molecule has 0 saturated carbocycles. The molecule has 0 unspecified atom stereocenters. The van der Waals surface area contributed by atoms with Crippen LogP contribution in [0.3, 0.4) is 0 Å². The van der Waals surface area contributed by atoms with Crippen LogP contribution in [0.1, 0.15) is 19.8 Å². The van der Waals surface area contributed by atoms with Crippen LogP contribution in [0.4, 0.5) is 0 Å². The molecular formula is C4H9GaO4. The van der Waals surface area contributed by atoms with Crippen molar-refractivity contribution >= 4 is 25.8 Å². The molecule has 0 radical (unpaired) electrons. The summed E-state index contributed by atoms with van der Waals surface area (Å²) in [6.07, 6.45) is 0.850. The van der Waals surface area contributed by atoms with Crippen molar-refractivity contribution in [2.24, 2.45) is 0 Å². The normalized spacial score (nSPS) is 5.44. The summed E-state index contributed by atoms with van der Waals surface area (Å²) in [5.74, 6) is -0.961. The van der Waals surface area contributed by atoms with E-state index >= 15 is 0 Å². The zero-order valence-corrected chi connectivity index (χ0v) is 7.63. The molecule has 0 aliphatic carbocycles. The van der Waals surface area contributed by atoms with Crippen LogP contribution in [0.5, 0.6) is 0 Å². The van der Waals surface area contributed by atoms with E-state index < -0.39 is 5.97 Å². The standard InChI is InChI=1S/C4H8O2.Ga.2H2O/c1-2-3-4(5)6;;;/h2-3H2,1H3,(H,5,6);;2*1H2/q;+3;;/p-3. The van der Waals surface area contributed by atoms with Crippen LogP contribution in [0.2, 0.25) is 0 Å². The molecule has 0 aliphatic heterocycles. The minimum atomic E-state index is -0.961. The first-order valence-corrected chi connectivity index (χ1v) is 1.97. The summed E-state index contributed by atoms with van der Waals surface area (Å²) >= 11 is 0. The second kappa shape index (κ2) is 15.7. The van der Waals surface area contributed by atoms with E-state index in [1.807, 2.05) is 0 Å². The molecule has 4 nitrogen and oxygen atoms in total. The van der Waals surface area contributed by atoms with Gasteiger partial charge in [-0.15, -0.1) is 0 Å². The summed E-state index contributed by atoms with van der Waals surface area (Å²) in [6.45, 7) is 1.80. The molecule has 0 atom stereocenters. The Morgan fingerprint density at radius 3 is 1.78 bits per heavy atom. The largest absolute Gasteiger partial charge is 3.00 e. The quantitative estimate of drug-likeness (QED) is 0.511. The van der Waals surface area contributed by atoms with Gasteiger partial charge in [-0.1, -0.05) is 13.3 Å². The third-order valence-electron chi connectivity index (χ3n) is 0.454. The smallest absolute Gasteiger partial charge is 0.870 e. The molecule has 2 N–H and O–H groups in total. The minimum absolute atomic E-state index is 0. The Morgan fingerprint density at radius 2 is 1.78 bits per heavy atom. The van der Waals surface area contributed by atoms with Crippen molar-refractivity contribution in [2.45, 2.75) is 19.8 Å². The summed E-state index contributed by atoms with van der Waals surface area (Å²) in [5.41, 5.74) is 0. The second-order valence-electron chi connectivity index (χ2n) is 1.12. The van der Waals surface area contributed by atoms with Crippen LogP contribution >= 0.6 is 0 Å². The molecule has 0 aromatic rings. The van der Waals surface area contributed by atoms with E-state index in [9.17, 15) is 9.90 Å². The fourth-order valence-corrected chi connectivity index (χ4v) is 0.204. The summed E-state index contributed by atoms with van der Waals surface area (Å²) in [5, 5.41) is 9.49. The van der Waals surface area contributed by atoms with Crippen LogP contribution < -0.4 is 5.11 Å². The number of carbonyl (C=O) groups excluding carboxylic acids is 1. The Morgan fingerprint density at radius 1 is 1.44 bits per heavy atom. The van der Waals surface area contributed by atoms with Crippen LogP contribution in [0.25, 0.3) is 0 Å². The molecule has 0 saturated heterocycles. The molecule has 0 rings (SSSR count). The van der Waals surface area contributed by atoms with E-state index in [2.05, 4.69) is 0 Å². The minimum Gasteiger partial charge on any atom is -0.870 e. The third-order valence-corrected chi connectivity index (χ3v) is 0.454. The molecule has 0 fully saturated rings. The van der Waals surface area contributed by atoms with Gasteiger partial charge in [-0.05, 0) is 6.42 Å². The van der Waals surface area contributed by atoms with E-state index in [0.29, 0.717) is 6.42 Å². The van der Waals surface area contributed by atoms with E-state index in [0.717, 1.165) is 0 Å². The van der Waals surface area contributed by atoms with Gasteiger partial charge >= 0.3 is 19.8 Å². The van der Waals surface area contributed by atoms with Gasteiger partial charge in [0.05, 0.1) is 0 Å². The van der Waals surface area contributed by atoms with Gasteiger partial charge in [0.15, 0.2) is 0 Å². The number of carbonyl (C=O) groups is 1. The molecule has 0 aromatic carbocycles. The fraction of sp³-hybridized carbons (Fsp3) is 0.750. The number of hydrogen-bond acceptors (Lipinski definition) is 4. The molecule has 0 amide bonds. The Balaban J connectivity index is -0.0000000417. The van der Waals surface area contributed by atoms with Gasteiger partial charge < -0.3 is 20.9 Å². The topological polar surface area (TPSA) is 100 Å². The number of rotatable bonds is 2. The Labute approximate surface area is 66.9 Å². The molecule has 0 aromatic heterocycles. The zero-order chi connectivity index (χ0) is 4.99. The average Bonchev–Trinajstić information content (AvgIpc) is 1.35. The van der Waals surface area contributed by atoms with Crippen LogP contribution in [0.15, 0.2) is 0 Å². The Kier molecular flexibility index (Phi) is 40.1. The van der Waals surface area contributed by atoms with Crippen molar-refractivity contribution in [3.05, 3.63) is 0 Å². The van der Waals surface area contributed by atoms with Gasteiger partial charge in [0.2, 0.25) is 0 Å². The maximum Gasteiger partial charge on any atom is 3.00 e.